The first-order valence-corrected chi connectivity index (χ1v) is 4.43. The number of aryl methyl sites for hydroxylation is 2. The molecule has 1 rings (SSSR count). The highest BCUT2D eigenvalue weighted by atomic mass is 35.5. The molecule has 1 aromatic rings. The SMILES string of the molecule is Cc1cc(CCCN)cnc1Cl. The van der Waals surface area contributed by atoms with Gasteiger partial charge in [0.15, 0.2) is 0 Å². The van der Waals surface area contributed by atoms with E-state index in [-0.39, 0.29) is 0 Å². The minimum absolute atomic E-state index is 0.589. The predicted octanol–water partition coefficient (Wildman–Crippen LogP) is 1.93. The fraction of sp³-hybridized carbons (Fsp3) is 0.444. The Morgan fingerprint density at radius 1 is 1.58 bits per heavy atom. The molecule has 1 heterocycles. The first-order valence-electron chi connectivity index (χ1n) is 4.05. The maximum atomic E-state index is 5.78. The Bertz CT molecular complexity index is 261. The smallest absolute Gasteiger partial charge is 0.131 e. The number of halogens is 1. The van der Waals surface area contributed by atoms with E-state index in [1.807, 2.05) is 13.1 Å². The number of nitrogens with two attached hydrogens (primary N) is 1. The number of rotatable bonds is 3. The third kappa shape index (κ3) is 2.47. The second-order valence-electron chi connectivity index (χ2n) is 2.84. The predicted molar refractivity (Wildman–Crippen MR) is 51.4 cm³/mol. The van der Waals surface area contributed by atoms with Gasteiger partial charge in [-0.1, -0.05) is 17.7 Å². The summed E-state index contributed by atoms with van der Waals surface area (Å²) in [6.45, 7) is 2.68. The van der Waals surface area contributed by atoms with Crippen molar-refractivity contribution in [3.63, 3.8) is 0 Å². The molecule has 1 aromatic heterocycles. The zero-order valence-corrected chi connectivity index (χ0v) is 7.93. The molecule has 2 N–H and O–H groups in total. The maximum absolute atomic E-state index is 5.78. The summed E-state index contributed by atoms with van der Waals surface area (Å²) in [6.07, 6.45) is 3.80. The molecule has 0 bridgehead atoms. The largest absolute Gasteiger partial charge is 0.330 e. The van der Waals surface area contributed by atoms with Crippen molar-refractivity contribution in [2.45, 2.75) is 19.8 Å². The van der Waals surface area contributed by atoms with Gasteiger partial charge in [0.1, 0.15) is 5.15 Å². The van der Waals surface area contributed by atoms with E-state index in [1.165, 1.54) is 5.56 Å². The van der Waals surface area contributed by atoms with Crippen LogP contribution in [-0.2, 0) is 6.42 Å². The highest BCUT2D eigenvalue weighted by Gasteiger charge is 1.97. The summed E-state index contributed by atoms with van der Waals surface area (Å²) in [4.78, 5) is 4.06. The van der Waals surface area contributed by atoms with Gasteiger partial charge in [-0.25, -0.2) is 4.98 Å². The minimum atomic E-state index is 0.589. The van der Waals surface area contributed by atoms with Gasteiger partial charge in [-0.3, -0.25) is 0 Å². The van der Waals surface area contributed by atoms with Gasteiger partial charge in [0.25, 0.3) is 0 Å². The number of hydrogen-bond acceptors (Lipinski definition) is 2. The number of nitrogens with zero attached hydrogens (tertiary/aromatic N) is 1. The molecule has 0 saturated heterocycles. The van der Waals surface area contributed by atoms with Gasteiger partial charge in [0.2, 0.25) is 0 Å². The molecule has 0 saturated carbocycles. The van der Waals surface area contributed by atoms with Crippen LogP contribution < -0.4 is 5.73 Å². The Morgan fingerprint density at radius 2 is 2.33 bits per heavy atom. The van der Waals surface area contributed by atoms with Gasteiger partial charge in [-0.15, -0.1) is 0 Å². The van der Waals surface area contributed by atoms with Gasteiger partial charge in [-0.2, -0.15) is 0 Å². The molecule has 0 fully saturated rings. The van der Waals surface area contributed by atoms with Crippen molar-refractivity contribution in [1.82, 2.24) is 4.98 Å². The van der Waals surface area contributed by atoms with Crippen molar-refractivity contribution in [3.8, 4) is 0 Å². The van der Waals surface area contributed by atoms with Crippen LogP contribution in [0.3, 0.4) is 0 Å². The second kappa shape index (κ2) is 4.43. The molecule has 0 unspecified atom stereocenters. The van der Waals surface area contributed by atoms with Gasteiger partial charge >= 0.3 is 0 Å². The Kier molecular flexibility index (Phi) is 3.50. The summed E-state index contributed by atoms with van der Waals surface area (Å²) in [6, 6.07) is 2.06. The number of hydrogen-bond donors (Lipinski definition) is 1. The Balaban J connectivity index is 2.69. The zero-order chi connectivity index (χ0) is 8.97. The highest BCUT2D eigenvalue weighted by molar-refractivity contribution is 6.30. The topological polar surface area (TPSA) is 38.9 Å². The molecule has 0 aliphatic heterocycles. The van der Waals surface area contributed by atoms with Crippen LogP contribution in [0, 0.1) is 6.92 Å². The van der Waals surface area contributed by atoms with Crippen LogP contribution in [-0.4, -0.2) is 11.5 Å². The first-order chi connectivity index (χ1) is 5.74. The molecule has 0 spiro atoms. The summed E-state index contributed by atoms with van der Waals surface area (Å²) < 4.78 is 0. The average molecular weight is 185 g/mol. The molecule has 2 nitrogen and oxygen atoms in total. The van der Waals surface area contributed by atoms with Crippen LogP contribution in [0.5, 0.6) is 0 Å². The van der Waals surface area contributed by atoms with E-state index in [1.54, 1.807) is 0 Å². The summed E-state index contributed by atoms with van der Waals surface area (Å²) in [5.41, 5.74) is 7.64. The van der Waals surface area contributed by atoms with E-state index in [2.05, 4.69) is 11.1 Å². The molecule has 0 aromatic carbocycles. The Morgan fingerprint density at radius 3 is 2.92 bits per heavy atom. The average Bonchev–Trinajstić information content (AvgIpc) is 2.07. The van der Waals surface area contributed by atoms with Gasteiger partial charge in [0, 0.05) is 6.20 Å². The second-order valence-corrected chi connectivity index (χ2v) is 3.20. The van der Waals surface area contributed by atoms with E-state index >= 15 is 0 Å². The van der Waals surface area contributed by atoms with Crippen LogP contribution in [0.1, 0.15) is 17.5 Å². The molecular formula is C9H13ClN2. The fourth-order valence-electron chi connectivity index (χ4n) is 1.06. The summed E-state index contributed by atoms with van der Waals surface area (Å²) in [7, 11) is 0. The van der Waals surface area contributed by atoms with Gasteiger partial charge in [-0.05, 0) is 37.4 Å². The normalized spacial score (nSPS) is 10.2. The summed E-state index contributed by atoms with van der Waals surface area (Å²) >= 11 is 5.78. The fourth-order valence-corrected chi connectivity index (χ4v) is 1.16. The standard InChI is InChI=1S/C9H13ClN2/c1-7-5-8(3-2-4-11)6-12-9(7)10/h5-6H,2-4,11H2,1H3. The molecule has 0 aliphatic rings. The van der Waals surface area contributed by atoms with E-state index < -0.39 is 0 Å². The lowest BCUT2D eigenvalue weighted by Gasteiger charge is -2.01. The lowest BCUT2D eigenvalue weighted by atomic mass is 10.1. The Hall–Kier alpha value is -0.600. The molecule has 3 heteroatoms. The maximum Gasteiger partial charge on any atom is 0.131 e. The molecular weight excluding hydrogens is 172 g/mol. The quantitative estimate of drug-likeness (QED) is 0.730. The van der Waals surface area contributed by atoms with E-state index in [0.717, 1.165) is 24.9 Å². The molecule has 0 amide bonds. The third-order valence-corrected chi connectivity index (χ3v) is 2.14. The molecule has 0 radical (unpaired) electrons. The van der Waals surface area contributed by atoms with Gasteiger partial charge < -0.3 is 5.73 Å². The van der Waals surface area contributed by atoms with E-state index in [9.17, 15) is 0 Å². The lowest BCUT2D eigenvalue weighted by Crippen LogP contribution is -2.00. The third-order valence-electron chi connectivity index (χ3n) is 1.74. The zero-order valence-electron chi connectivity index (χ0n) is 7.18. The van der Waals surface area contributed by atoms with Crippen molar-refractivity contribution in [1.29, 1.82) is 0 Å². The van der Waals surface area contributed by atoms with Crippen LogP contribution in [0.15, 0.2) is 12.3 Å². The number of pyridine rings is 1. The van der Waals surface area contributed by atoms with E-state index in [4.69, 9.17) is 17.3 Å². The van der Waals surface area contributed by atoms with Crippen molar-refractivity contribution in [2.75, 3.05) is 6.54 Å². The number of aromatic nitrogens is 1. The highest BCUT2D eigenvalue weighted by Crippen LogP contribution is 2.13. The van der Waals surface area contributed by atoms with E-state index in [0.29, 0.717) is 5.15 Å². The van der Waals surface area contributed by atoms with Crippen molar-refractivity contribution >= 4 is 11.6 Å². The molecule has 66 valence electrons. The van der Waals surface area contributed by atoms with Gasteiger partial charge in [0.05, 0.1) is 0 Å². The van der Waals surface area contributed by atoms with Crippen LogP contribution in [0.4, 0.5) is 0 Å². The van der Waals surface area contributed by atoms with Crippen molar-refractivity contribution in [2.24, 2.45) is 5.73 Å². The van der Waals surface area contributed by atoms with Crippen LogP contribution in [0.2, 0.25) is 5.15 Å². The van der Waals surface area contributed by atoms with Crippen LogP contribution in [0.25, 0.3) is 0 Å². The van der Waals surface area contributed by atoms with Crippen molar-refractivity contribution in [3.05, 3.63) is 28.5 Å². The summed E-state index contributed by atoms with van der Waals surface area (Å²) in [5.74, 6) is 0. The van der Waals surface area contributed by atoms with Crippen LogP contribution >= 0.6 is 11.6 Å². The lowest BCUT2D eigenvalue weighted by molar-refractivity contribution is 0.828. The first kappa shape index (κ1) is 9.49. The molecule has 0 atom stereocenters. The monoisotopic (exact) mass is 184 g/mol. The summed E-state index contributed by atoms with van der Waals surface area (Å²) in [5, 5.41) is 0.589. The minimum Gasteiger partial charge on any atom is -0.330 e. The Labute approximate surface area is 77.8 Å². The molecule has 0 aliphatic carbocycles. The van der Waals surface area contributed by atoms with Crippen molar-refractivity contribution < 1.29 is 0 Å². The molecule has 12 heavy (non-hydrogen) atoms.